The topological polar surface area (TPSA) is 55.9 Å². The molecule has 0 bridgehead atoms. The van der Waals surface area contributed by atoms with E-state index in [1.807, 2.05) is 24.4 Å². The van der Waals surface area contributed by atoms with Crippen molar-refractivity contribution in [3.8, 4) is 62.0 Å². The molecule has 0 atom stereocenters. The Bertz CT molecular complexity index is 3600. The fourth-order valence-electron chi connectivity index (χ4n) is 9.66. The lowest BCUT2D eigenvalue weighted by atomic mass is 9.76. The standard InChI is InChI=1S/C61H50N4O/c1-60(2,3)44-32-33-54(50(37-44)40-20-9-6-10-21-40)65-55-30-19-28-47(58(55)63-59(65)49-27-16-18-31-57(49)66)41-34-42(36-45(35-41)61(4,5)43-22-11-7-12-23-43)52-38-51-48-26-15-17-29-53(48)64(56(51)39-62-52)46-24-13-8-14-25-46/h6-39,66H,1-5H3. The smallest absolute Gasteiger partial charge is 0.149 e. The minimum absolute atomic E-state index is 0.0681. The van der Waals surface area contributed by atoms with Crippen molar-refractivity contribution in [1.29, 1.82) is 0 Å². The number of rotatable bonds is 8. The number of benzene rings is 8. The minimum atomic E-state index is -0.354. The summed E-state index contributed by atoms with van der Waals surface area (Å²) in [5.41, 5.74) is 16.1. The fourth-order valence-corrected chi connectivity index (χ4v) is 9.66. The number of hydrogen-bond acceptors (Lipinski definition) is 3. The third-order valence-electron chi connectivity index (χ3n) is 13.3. The van der Waals surface area contributed by atoms with Gasteiger partial charge in [-0.25, -0.2) is 4.98 Å². The molecule has 66 heavy (non-hydrogen) atoms. The molecule has 0 unspecified atom stereocenters. The summed E-state index contributed by atoms with van der Waals surface area (Å²) in [5.74, 6) is 0.839. The SMILES string of the molecule is CC(C)(C)c1ccc(-n2c(-c3ccccc3O)nc3c(-c4cc(-c5cc6c7ccccc7n(-c7ccccc7)c6cn5)cc(C(C)(C)c5ccccc5)c4)cccc32)c(-c2ccccc2)c1. The second-order valence-corrected chi connectivity index (χ2v) is 18.9. The van der Waals surface area contributed by atoms with Crippen LogP contribution in [0.2, 0.25) is 0 Å². The number of pyridine rings is 1. The second kappa shape index (κ2) is 15.9. The van der Waals surface area contributed by atoms with Crippen molar-refractivity contribution in [2.45, 2.75) is 45.4 Å². The van der Waals surface area contributed by atoms with Gasteiger partial charge >= 0.3 is 0 Å². The van der Waals surface area contributed by atoms with Crippen LogP contribution in [-0.2, 0) is 10.8 Å². The Morgan fingerprint density at radius 3 is 1.85 bits per heavy atom. The molecule has 5 nitrogen and oxygen atoms in total. The van der Waals surface area contributed by atoms with Gasteiger partial charge in [-0.15, -0.1) is 0 Å². The van der Waals surface area contributed by atoms with Crippen molar-refractivity contribution in [3.63, 3.8) is 0 Å². The molecule has 320 valence electrons. The van der Waals surface area contributed by atoms with Crippen LogP contribution in [0.15, 0.2) is 206 Å². The lowest BCUT2D eigenvalue weighted by Gasteiger charge is -2.27. The molecule has 0 aliphatic rings. The van der Waals surface area contributed by atoms with Gasteiger partial charge in [0, 0.05) is 38.6 Å². The Balaban J connectivity index is 1.17. The number of para-hydroxylation sites is 4. The average Bonchev–Trinajstić information content (AvgIpc) is 3.90. The third kappa shape index (κ3) is 6.96. The molecular weight excluding hydrogens is 805 g/mol. The van der Waals surface area contributed by atoms with E-state index < -0.39 is 0 Å². The van der Waals surface area contributed by atoms with Crippen LogP contribution in [0.5, 0.6) is 5.75 Å². The van der Waals surface area contributed by atoms with E-state index in [2.05, 4.69) is 220 Å². The van der Waals surface area contributed by atoms with Crippen LogP contribution >= 0.6 is 0 Å². The highest BCUT2D eigenvalue weighted by atomic mass is 16.3. The van der Waals surface area contributed by atoms with Crippen LogP contribution in [0.3, 0.4) is 0 Å². The van der Waals surface area contributed by atoms with Crippen LogP contribution in [0.25, 0.3) is 89.1 Å². The summed E-state index contributed by atoms with van der Waals surface area (Å²) < 4.78 is 4.54. The van der Waals surface area contributed by atoms with Gasteiger partial charge in [-0.1, -0.05) is 168 Å². The van der Waals surface area contributed by atoms with E-state index in [1.54, 1.807) is 6.07 Å². The van der Waals surface area contributed by atoms with Crippen LogP contribution in [-0.4, -0.2) is 24.2 Å². The summed E-state index contributed by atoms with van der Waals surface area (Å²) in [6.45, 7) is 11.4. The molecule has 0 aliphatic heterocycles. The van der Waals surface area contributed by atoms with Crippen molar-refractivity contribution >= 4 is 32.8 Å². The molecule has 3 heterocycles. The largest absolute Gasteiger partial charge is 0.507 e. The first-order valence-electron chi connectivity index (χ1n) is 22.7. The molecule has 1 N–H and O–H groups in total. The van der Waals surface area contributed by atoms with Gasteiger partial charge in [-0.3, -0.25) is 9.55 Å². The number of phenolic OH excluding ortho intramolecular Hbond substituents is 1. The van der Waals surface area contributed by atoms with Gasteiger partial charge in [0.15, 0.2) is 0 Å². The zero-order chi connectivity index (χ0) is 45.2. The Hall–Kier alpha value is -8.02. The summed E-state index contributed by atoms with van der Waals surface area (Å²) in [4.78, 5) is 10.8. The molecule has 8 aromatic carbocycles. The predicted octanol–water partition coefficient (Wildman–Crippen LogP) is 15.5. The molecule has 0 fully saturated rings. The highest BCUT2D eigenvalue weighted by Gasteiger charge is 2.27. The molecule has 0 amide bonds. The quantitative estimate of drug-likeness (QED) is 0.166. The Morgan fingerprint density at radius 1 is 0.439 bits per heavy atom. The summed E-state index contributed by atoms with van der Waals surface area (Å²) in [7, 11) is 0. The van der Waals surface area contributed by atoms with E-state index in [1.165, 1.54) is 16.5 Å². The van der Waals surface area contributed by atoms with Gasteiger partial charge in [0.05, 0.1) is 45.2 Å². The first kappa shape index (κ1) is 40.7. The number of nitrogens with zero attached hydrogens (tertiary/aromatic N) is 4. The van der Waals surface area contributed by atoms with E-state index in [4.69, 9.17) is 9.97 Å². The number of aromatic hydroxyl groups is 1. The number of imidazole rings is 1. The van der Waals surface area contributed by atoms with Crippen LogP contribution in [0.1, 0.15) is 51.3 Å². The molecule has 0 radical (unpaired) electrons. The average molecular weight is 855 g/mol. The van der Waals surface area contributed by atoms with Gasteiger partial charge in [-0.2, -0.15) is 0 Å². The molecular formula is C61H50N4O. The number of phenols is 1. The van der Waals surface area contributed by atoms with Gasteiger partial charge in [-0.05, 0) is 100.0 Å². The van der Waals surface area contributed by atoms with E-state index in [0.717, 1.165) is 77.9 Å². The van der Waals surface area contributed by atoms with Crippen molar-refractivity contribution in [1.82, 2.24) is 19.1 Å². The molecule has 3 aromatic heterocycles. The lowest BCUT2D eigenvalue weighted by Crippen LogP contribution is -2.19. The van der Waals surface area contributed by atoms with Gasteiger partial charge < -0.3 is 9.67 Å². The fraction of sp³-hybridized carbons (Fsp3) is 0.115. The molecule has 0 aliphatic carbocycles. The number of aromatic nitrogens is 4. The minimum Gasteiger partial charge on any atom is -0.507 e. The monoisotopic (exact) mass is 854 g/mol. The molecule has 0 saturated carbocycles. The highest BCUT2D eigenvalue weighted by Crippen LogP contribution is 2.44. The zero-order valence-corrected chi connectivity index (χ0v) is 37.9. The summed E-state index contributed by atoms with van der Waals surface area (Å²) in [6.07, 6.45) is 2.03. The van der Waals surface area contributed by atoms with E-state index in [-0.39, 0.29) is 16.6 Å². The van der Waals surface area contributed by atoms with Crippen LogP contribution in [0.4, 0.5) is 0 Å². The van der Waals surface area contributed by atoms with Crippen molar-refractivity contribution < 1.29 is 5.11 Å². The Labute approximate surface area is 386 Å². The van der Waals surface area contributed by atoms with Crippen molar-refractivity contribution in [3.05, 3.63) is 223 Å². The second-order valence-electron chi connectivity index (χ2n) is 18.9. The lowest BCUT2D eigenvalue weighted by molar-refractivity contribution is 0.477. The molecule has 11 aromatic rings. The summed E-state index contributed by atoms with van der Waals surface area (Å²) in [5, 5.41) is 13.9. The van der Waals surface area contributed by atoms with Gasteiger partial charge in [0.25, 0.3) is 0 Å². The molecule has 11 rings (SSSR count). The van der Waals surface area contributed by atoms with E-state index >= 15 is 0 Å². The van der Waals surface area contributed by atoms with Crippen molar-refractivity contribution in [2.24, 2.45) is 0 Å². The maximum Gasteiger partial charge on any atom is 0.149 e. The van der Waals surface area contributed by atoms with Crippen molar-refractivity contribution in [2.75, 3.05) is 0 Å². The zero-order valence-electron chi connectivity index (χ0n) is 37.9. The first-order valence-corrected chi connectivity index (χ1v) is 22.7. The summed E-state index contributed by atoms with van der Waals surface area (Å²) >= 11 is 0. The van der Waals surface area contributed by atoms with Crippen LogP contribution < -0.4 is 0 Å². The number of fused-ring (bicyclic) bond motifs is 4. The maximum atomic E-state index is 11.5. The highest BCUT2D eigenvalue weighted by molar-refractivity contribution is 6.10. The van der Waals surface area contributed by atoms with Gasteiger partial charge in [0.1, 0.15) is 11.6 Å². The Kier molecular flexibility index (Phi) is 9.81. The molecule has 5 heteroatoms. The van der Waals surface area contributed by atoms with E-state index in [0.29, 0.717) is 11.4 Å². The van der Waals surface area contributed by atoms with E-state index in [9.17, 15) is 5.11 Å². The summed E-state index contributed by atoms with van der Waals surface area (Å²) in [6, 6.07) is 70.4. The first-order chi connectivity index (χ1) is 32.0. The van der Waals surface area contributed by atoms with Gasteiger partial charge in [0.2, 0.25) is 0 Å². The molecule has 0 spiro atoms. The maximum absolute atomic E-state index is 11.5. The predicted molar refractivity (Wildman–Crippen MR) is 274 cm³/mol. The third-order valence-corrected chi connectivity index (χ3v) is 13.3. The Morgan fingerprint density at radius 2 is 1.09 bits per heavy atom. The number of hydrogen-bond donors (Lipinski definition) is 1. The molecule has 0 saturated heterocycles. The normalized spacial score (nSPS) is 12.1. The van der Waals surface area contributed by atoms with Crippen LogP contribution in [0, 0.1) is 0 Å².